The van der Waals surface area contributed by atoms with Gasteiger partial charge in [-0.1, -0.05) is 18.2 Å². The van der Waals surface area contributed by atoms with Gasteiger partial charge in [0.15, 0.2) is 5.69 Å². The van der Waals surface area contributed by atoms with Crippen molar-refractivity contribution in [3.05, 3.63) is 60.2 Å². The van der Waals surface area contributed by atoms with Crippen LogP contribution in [0.4, 0.5) is 4.39 Å². The number of H-pyrrole nitrogens is 1. The van der Waals surface area contributed by atoms with E-state index in [4.69, 9.17) is 0 Å². The predicted molar refractivity (Wildman–Crippen MR) is 97.9 cm³/mol. The zero-order valence-corrected chi connectivity index (χ0v) is 15.5. The van der Waals surface area contributed by atoms with Crippen LogP contribution in [0.3, 0.4) is 0 Å². The van der Waals surface area contributed by atoms with E-state index in [1.807, 2.05) is 0 Å². The standard InChI is InChI=1S/C18H19FN8O2/c19-14-4-2-1-3-13(14)7-18(17(29)21-5-6-27-12-20-11-23-27)9-26(10-18)16(28)15-8-22-25-24-15/h1-4,8,11-12H,5-7,9-10H2,(H,21,29)(H,22,24,25). The van der Waals surface area contributed by atoms with Crippen LogP contribution in [0.1, 0.15) is 16.1 Å². The fraction of sp³-hybridized carbons (Fsp3) is 0.333. The third kappa shape index (κ3) is 3.84. The van der Waals surface area contributed by atoms with E-state index in [-0.39, 0.29) is 42.8 Å². The van der Waals surface area contributed by atoms with E-state index < -0.39 is 5.41 Å². The molecule has 0 aliphatic carbocycles. The number of carbonyl (C=O) groups is 2. The molecule has 0 bridgehead atoms. The van der Waals surface area contributed by atoms with Crippen LogP contribution in [-0.2, 0) is 17.8 Å². The van der Waals surface area contributed by atoms with Crippen LogP contribution in [-0.4, -0.2) is 66.5 Å². The summed E-state index contributed by atoms with van der Waals surface area (Å²) in [6, 6.07) is 6.35. The number of halogens is 1. The second kappa shape index (κ2) is 7.78. The summed E-state index contributed by atoms with van der Waals surface area (Å²) in [5, 5.41) is 16.7. The summed E-state index contributed by atoms with van der Waals surface area (Å²) in [6.45, 7) is 1.14. The van der Waals surface area contributed by atoms with Crippen molar-refractivity contribution in [1.29, 1.82) is 0 Å². The minimum atomic E-state index is -0.913. The van der Waals surface area contributed by atoms with E-state index in [1.54, 1.807) is 29.2 Å². The average Bonchev–Trinajstić information content (AvgIpc) is 3.39. The SMILES string of the molecule is O=C(c1cn[nH]n1)N1CC(Cc2ccccc2F)(C(=O)NCCn2cncn2)C1. The van der Waals surface area contributed by atoms with E-state index in [9.17, 15) is 14.0 Å². The number of nitrogens with zero attached hydrogens (tertiary/aromatic N) is 6. The fourth-order valence-corrected chi connectivity index (χ4v) is 3.46. The maximum Gasteiger partial charge on any atom is 0.276 e. The Morgan fingerprint density at radius 2 is 2.10 bits per heavy atom. The van der Waals surface area contributed by atoms with Crippen molar-refractivity contribution >= 4 is 11.8 Å². The molecule has 1 aliphatic rings. The van der Waals surface area contributed by atoms with Crippen molar-refractivity contribution in [2.24, 2.45) is 5.41 Å². The van der Waals surface area contributed by atoms with Gasteiger partial charge >= 0.3 is 0 Å². The highest BCUT2D eigenvalue weighted by Gasteiger charge is 2.51. The molecular weight excluding hydrogens is 379 g/mol. The van der Waals surface area contributed by atoms with Gasteiger partial charge in [0.2, 0.25) is 5.91 Å². The van der Waals surface area contributed by atoms with Crippen LogP contribution in [0.2, 0.25) is 0 Å². The number of hydrogen-bond donors (Lipinski definition) is 2. The average molecular weight is 398 g/mol. The zero-order valence-electron chi connectivity index (χ0n) is 15.5. The molecule has 1 fully saturated rings. The molecule has 0 unspecified atom stereocenters. The number of aromatic nitrogens is 6. The summed E-state index contributed by atoms with van der Waals surface area (Å²) >= 11 is 0. The number of benzene rings is 1. The first-order valence-corrected chi connectivity index (χ1v) is 9.07. The third-order valence-electron chi connectivity index (χ3n) is 4.97. The molecule has 3 heterocycles. The number of nitrogens with one attached hydrogen (secondary N) is 2. The second-order valence-corrected chi connectivity index (χ2v) is 6.98. The zero-order chi connectivity index (χ0) is 20.3. The van der Waals surface area contributed by atoms with E-state index in [1.165, 1.54) is 23.5 Å². The second-order valence-electron chi connectivity index (χ2n) is 6.98. The molecule has 0 spiro atoms. The molecule has 10 nitrogen and oxygen atoms in total. The maximum absolute atomic E-state index is 14.2. The van der Waals surface area contributed by atoms with E-state index in [2.05, 4.69) is 30.8 Å². The van der Waals surface area contributed by atoms with E-state index >= 15 is 0 Å². The Morgan fingerprint density at radius 3 is 2.79 bits per heavy atom. The molecule has 0 saturated carbocycles. The van der Waals surface area contributed by atoms with Crippen LogP contribution in [0, 0.1) is 11.2 Å². The molecule has 1 aromatic carbocycles. The first-order valence-electron chi connectivity index (χ1n) is 9.07. The minimum Gasteiger partial charge on any atom is -0.354 e. The Labute approximate surface area is 165 Å². The smallest absolute Gasteiger partial charge is 0.276 e. The molecule has 4 rings (SSSR count). The summed E-state index contributed by atoms with van der Waals surface area (Å²) in [4.78, 5) is 30.8. The summed E-state index contributed by atoms with van der Waals surface area (Å²) in [7, 11) is 0. The van der Waals surface area contributed by atoms with Gasteiger partial charge in [0, 0.05) is 19.6 Å². The van der Waals surface area contributed by atoms with Crippen molar-refractivity contribution in [3.8, 4) is 0 Å². The van der Waals surface area contributed by atoms with Gasteiger partial charge in [-0.05, 0) is 18.1 Å². The van der Waals surface area contributed by atoms with Crippen molar-refractivity contribution in [3.63, 3.8) is 0 Å². The highest BCUT2D eigenvalue weighted by Crippen LogP contribution is 2.36. The van der Waals surface area contributed by atoms with Gasteiger partial charge in [-0.3, -0.25) is 14.3 Å². The number of likely N-dealkylation sites (tertiary alicyclic amines) is 1. The Balaban J connectivity index is 1.46. The van der Waals surface area contributed by atoms with Gasteiger partial charge in [-0.25, -0.2) is 9.37 Å². The normalized spacial score (nSPS) is 15.0. The number of hydrogen-bond acceptors (Lipinski definition) is 6. The molecule has 2 amide bonds. The fourth-order valence-electron chi connectivity index (χ4n) is 3.46. The number of aromatic amines is 1. The maximum atomic E-state index is 14.2. The summed E-state index contributed by atoms with van der Waals surface area (Å²) in [6.07, 6.45) is 4.50. The van der Waals surface area contributed by atoms with Gasteiger partial charge in [0.05, 0.1) is 18.2 Å². The van der Waals surface area contributed by atoms with Crippen LogP contribution in [0.15, 0.2) is 43.1 Å². The summed E-state index contributed by atoms with van der Waals surface area (Å²) in [5.41, 5.74) is -0.298. The molecule has 0 radical (unpaired) electrons. The molecule has 1 aliphatic heterocycles. The van der Waals surface area contributed by atoms with Crippen LogP contribution >= 0.6 is 0 Å². The van der Waals surface area contributed by atoms with Gasteiger partial charge in [0.25, 0.3) is 5.91 Å². The molecule has 1 saturated heterocycles. The first-order chi connectivity index (χ1) is 14.1. The van der Waals surface area contributed by atoms with Gasteiger partial charge in [0.1, 0.15) is 18.5 Å². The number of rotatable bonds is 7. The highest BCUT2D eigenvalue weighted by atomic mass is 19.1. The topological polar surface area (TPSA) is 122 Å². The van der Waals surface area contributed by atoms with Gasteiger partial charge < -0.3 is 10.2 Å². The lowest BCUT2D eigenvalue weighted by atomic mass is 9.73. The molecule has 150 valence electrons. The molecule has 0 atom stereocenters. The van der Waals surface area contributed by atoms with Crippen molar-refractivity contribution in [2.75, 3.05) is 19.6 Å². The van der Waals surface area contributed by atoms with E-state index in [0.717, 1.165) is 0 Å². The van der Waals surface area contributed by atoms with Crippen molar-refractivity contribution in [2.45, 2.75) is 13.0 Å². The van der Waals surface area contributed by atoms with E-state index in [0.29, 0.717) is 18.7 Å². The van der Waals surface area contributed by atoms with Crippen molar-refractivity contribution < 1.29 is 14.0 Å². The minimum absolute atomic E-state index is 0.169. The molecule has 11 heteroatoms. The Bertz CT molecular complexity index is 983. The van der Waals surface area contributed by atoms with Crippen LogP contribution < -0.4 is 5.32 Å². The van der Waals surface area contributed by atoms with Gasteiger partial charge in [-0.2, -0.15) is 20.5 Å². The third-order valence-corrected chi connectivity index (χ3v) is 4.97. The first kappa shape index (κ1) is 18.7. The Kier molecular flexibility index (Phi) is 5.02. The molecule has 29 heavy (non-hydrogen) atoms. The lowest BCUT2D eigenvalue weighted by Gasteiger charge is -2.48. The summed E-state index contributed by atoms with van der Waals surface area (Å²) < 4.78 is 15.8. The molecule has 2 N–H and O–H groups in total. The van der Waals surface area contributed by atoms with Crippen LogP contribution in [0.5, 0.6) is 0 Å². The molecule has 3 aromatic rings. The molecular formula is C18H19FN8O2. The molecule has 2 aromatic heterocycles. The lowest BCUT2D eigenvalue weighted by Crippen LogP contribution is -2.65. The van der Waals surface area contributed by atoms with Crippen molar-refractivity contribution in [1.82, 2.24) is 40.4 Å². The number of amides is 2. The Hall–Kier alpha value is -3.63. The monoisotopic (exact) mass is 398 g/mol. The Morgan fingerprint density at radius 1 is 1.28 bits per heavy atom. The summed E-state index contributed by atoms with van der Waals surface area (Å²) in [5.74, 6) is -0.924. The predicted octanol–water partition coefficient (Wildman–Crippen LogP) is 0.0366. The highest BCUT2D eigenvalue weighted by molar-refractivity contribution is 5.95. The number of carbonyl (C=O) groups excluding carboxylic acids is 2. The lowest BCUT2D eigenvalue weighted by molar-refractivity contribution is -0.139. The van der Waals surface area contributed by atoms with Crippen LogP contribution in [0.25, 0.3) is 0 Å². The quantitative estimate of drug-likeness (QED) is 0.579. The largest absolute Gasteiger partial charge is 0.354 e. The van der Waals surface area contributed by atoms with Gasteiger partial charge in [-0.15, -0.1) is 0 Å².